The highest BCUT2D eigenvalue weighted by molar-refractivity contribution is 6.34. The monoisotopic (exact) mass is 582 g/mol. The maximum atomic E-state index is 14.3. The van der Waals surface area contributed by atoms with Crippen molar-refractivity contribution in [2.45, 2.75) is 44.4 Å². The molecule has 4 rings (SSSR count). The maximum absolute atomic E-state index is 14.3. The van der Waals surface area contributed by atoms with E-state index in [2.05, 4.69) is 10.1 Å². The number of hydrogen-bond acceptors (Lipinski definition) is 5. The minimum atomic E-state index is -5.02. The van der Waals surface area contributed by atoms with Gasteiger partial charge >= 0.3 is 12.1 Å². The number of benzene rings is 1. The number of amides is 1. The lowest BCUT2D eigenvalue weighted by molar-refractivity contribution is -0.147. The second kappa shape index (κ2) is 11.6. The molecule has 9 nitrogen and oxygen atoms in total. The molecule has 0 atom stereocenters. The average molecular weight is 583 g/mol. The Morgan fingerprint density at radius 2 is 1.75 bits per heavy atom. The van der Waals surface area contributed by atoms with E-state index in [0.29, 0.717) is 10.2 Å². The van der Waals surface area contributed by atoms with Gasteiger partial charge in [-0.05, 0) is 49.4 Å². The zero-order valence-corrected chi connectivity index (χ0v) is 21.5. The van der Waals surface area contributed by atoms with Crippen LogP contribution in [0.3, 0.4) is 0 Å². The molecule has 1 aliphatic carbocycles. The summed E-state index contributed by atoms with van der Waals surface area (Å²) in [7, 11) is 0. The van der Waals surface area contributed by atoms with Crippen molar-refractivity contribution in [3.05, 3.63) is 86.3 Å². The Kier molecular flexibility index (Phi) is 8.43. The van der Waals surface area contributed by atoms with Crippen LogP contribution in [0, 0.1) is 11.7 Å². The molecule has 2 N–H and O–H groups in total. The molecule has 3 aromatic rings. The second-order valence-corrected chi connectivity index (χ2v) is 9.84. The van der Waals surface area contributed by atoms with Crippen molar-refractivity contribution in [1.82, 2.24) is 19.7 Å². The van der Waals surface area contributed by atoms with Crippen LogP contribution < -0.4 is 5.56 Å². The number of carboxylic acid groups (broad SMARTS) is 1. The standard InChI is InChI=1S/C26H23ClF4N4O5/c27-19-9-10-32-23(37)21(19)20(36)13-34(12-14-1-5-16(28)6-2-14)24(38)18-11-33-35(22(18)26(29,30)31)17-7-3-15(4-8-17)25(39)40/h1-2,5-6,9-11,15,17H,3-4,7-8,12-13H2,(H,32,37)(H,39,40). The van der Waals surface area contributed by atoms with Gasteiger partial charge in [0.15, 0.2) is 11.5 Å². The van der Waals surface area contributed by atoms with E-state index in [1.54, 1.807) is 0 Å². The third kappa shape index (κ3) is 6.24. The number of aliphatic carboxylic acids is 1. The first-order chi connectivity index (χ1) is 18.9. The predicted molar refractivity (Wildman–Crippen MR) is 133 cm³/mol. The van der Waals surface area contributed by atoms with E-state index < -0.39 is 70.5 Å². The Morgan fingerprint density at radius 1 is 1.10 bits per heavy atom. The van der Waals surface area contributed by atoms with Crippen LogP contribution in [0.2, 0.25) is 5.02 Å². The summed E-state index contributed by atoms with van der Waals surface area (Å²) in [5.74, 6) is -4.40. The number of pyridine rings is 1. The van der Waals surface area contributed by atoms with Gasteiger partial charge in [-0.15, -0.1) is 0 Å². The summed E-state index contributed by atoms with van der Waals surface area (Å²) in [5, 5.41) is 12.9. The molecular formula is C26H23ClF4N4O5. The average Bonchev–Trinajstić information content (AvgIpc) is 3.35. The lowest BCUT2D eigenvalue weighted by atomic mass is 9.86. The lowest BCUT2D eigenvalue weighted by Gasteiger charge is -2.28. The van der Waals surface area contributed by atoms with E-state index in [-0.39, 0.29) is 37.3 Å². The van der Waals surface area contributed by atoms with Crippen molar-refractivity contribution in [2.75, 3.05) is 6.54 Å². The van der Waals surface area contributed by atoms with Gasteiger partial charge in [0.25, 0.3) is 11.5 Å². The van der Waals surface area contributed by atoms with Gasteiger partial charge in [0.1, 0.15) is 11.4 Å². The summed E-state index contributed by atoms with van der Waals surface area (Å²) in [6.45, 7) is -1.20. The largest absolute Gasteiger partial charge is 0.481 e. The van der Waals surface area contributed by atoms with Crippen LogP contribution in [0.15, 0.2) is 47.5 Å². The number of rotatable bonds is 8. The molecule has 1 amide bonds. The summed E-state index contributed by atoms with van der Waals surface area (Å²) in [6, 6.07) is 5.24. The number of aromatic amines is 1. The second-order valence-electron chi connectivity index (χ2n) is 9.43. The van der Waals surface area contributed by atoms with Crippen molar-refractivity contribution in [2.24, 2.45) is 5.92 Å². The zero-order chi connectivity index (χ0) is 29.2. The minimum Gasteiger partial charge on any atom is -0.481 e. The fraction of sp³-hybridized carbons (Fsp3) is 0.346. The van der Waals surface area contributed by atoms with E-state index in [0.717, 1.165) is 23.2 Å². The number of carbonyl (C=O) groups is 3. The van der Waals surface area contributed by atoms with Gasteiger partial charge < -0.3 is 15.0 Å². The fourth-order valence-corrected chi connectivity index (χ4v) is 5.05. The zero-order valence-electron chi connectivity index (χ0n) is 20.8. The molecule has 0 saturated heterocycles. The molecule has 2 heterocycles. The number of Topliss-reactive ketones (excluding diaryl/α,β-unsaturated/α-hetero) is 1. The number of halogens is 5. The first-order valence-electron chi connectivity index (χ1n) is 12.2. The number of nitrogens with one attached hydrogen (secondary N) is 1. The lowest BCUT2D eigenvalue weighted by Crippen LogP contribution is -2.38. The van der Waals surface area contributed by atoms with Crippen molar-refractivity contribution < 1.29 is 37.1 Å². The van der Waals surface area contributed by atoms with Gasteiger partial charge in [0, 0.05) is 12.7 Å². The number of nitrogens with zero attached hydrogens (tertiary/aromatic N) is 3. The normalized spacial score (nSPS) is 17.4. The number of carboxylic acids is 1. The Hall–Kier alpha value is -4.00. The number of hydrogen-bond donors (Lipinski definition) is 2. The van der Waals surface area contributed by atoms with E-state index >= 15 is 0 Å². The van der Waals surface area contributed by atoms with Crippen LogP contribution in [-0.4, -0.2) is 49.0 Å². The summed E-state index contributed by atoms with van der Waals surface area (Å²) >= 11 is 6.00. The molecule has 212 valence electrons. The molecule has 1 saturated carbocycles. The molecule has 1 aliphatic rings. The first-order valence-corrected chi connectivity index (χ1v) is 12.6. The topological polar surface area (TPSA) is 125 Å². The molecule has 1 aromatic carbocycles. The van der Waals surface area contributed by atoms with E-state index in [4.69, 9.17) is 11.6 Å². The van der Waals surface area contributed by atoms with E-state index in [9.17, 15) is 41.8 Å². The summed E-state index contributed by atoms with van der Waals surface area (Å²) in [6.07, 6.45) is -2.52. The van der Waals surface area contributed by atoms with Crippen LogP contribution in [0.1, 0.15) is 63.7 Å². The molecule has 0 radical (unpaired) electrons. The third-order valence-electron chi connectivity index (χ3n) is 6.78. The Bertz CT molecular complexity index is 1480. The summed E-state index contributed by atoms with van der Waals surface area (Å²) < 4.78 is 57.1. The highest BCUT2D eigenvalue weighted by Crippen LogP contribution is 2.39. The van der Waals surface area contributed by atoms with Crippen molar-refractivity contribution in [3.63, 3.8) is 0 Å². The minimum absolute atomic E-state index is 0.114. The Morgan fingerprint density at radius 3 is 2.33 bits per heavy atom. The van der Waals surface area contributed by atoms with Crippen molar-refractivity contribution in [3.8, 4) is 0 Å². The molecule has 14 heteroatoms. The Balaban J connectivity index is 1.71. The first kappa shape index (κ1) is 29.0. The third-order valence-corrected chi connectivity index (χ3v) is 7.10. The summed E-state index contributed by atoms with van der Waals surface area (Å²) in [5.41, 5.74) is -3.15. The number of ketones is 1. The van der Waals surface area contributed by atoms with Crippen molar-refractivity contribution in [1.29, 1.82) is 0 Å². The summed E-state index contributed by atoms with van der Waals surface area (Å²) in [4.78, 5) is 53.2. The smallest absolute Gasteiger partial charge is 0.433 e. The quantitative estimate of drug-likeness (QED) is 0.292. The molecule has 0 unspecified atom stereocenters. The molecule has 1 fully saturated rings. The number of carbonyl (C=O) groups excluding carboxylic acids is 2. The molecule has 2 aromatic heterocycles. The van der Waals surface area contributed by atoms with Crippen LogP contribution >= 0.6 is 11.6 Å². The highest BCUT2D eigenvalue weighted by atomic mass is 35.5. The van der Waals surface area contributed by atoms with Crippen LogP contribution in [0.4, 0.5) is 17.6 Å². The number of aromatic nitrogens is 3. The molecule has 0 bridgehead atoms. The Labute approximate surface area is 229 Å². The number of alkyl halides is 3. The van der Waals surface area contributed by atoms with Gasteiger partial charge in [-0.1, -0.05) is 23.7 Å². The predicted octanol–water partition coefficient (Wildman–Crippen LogP) is 4.72. The highest BCUT2D eigenvalue weighted by Gasteiger charge is 2.43. The fourth-order valence-electron chi connectivity index (χ4n) is 4.79. The van der Waals surface area contributed by atoms with Crippen LogP contribution in [-0.2, 0) is 17.5 Å². The van der Waals surface area contributed by atoms with Crippen LogP contribution in [0.5, 0.6) is 0 Å². The molecule has 0 aliphatic heterocycles. The maximum Gasteiger partial charge on any atom is 0.433 e. The van der Waals surface area contributed by atoms with E-state index in [1.807, 2.05) is 0 Å². The van der Waals surface area contributed by atoms with Gasteiger partial charge in [0.05, 0.1) is 35.3 Å². The molecule has 0 spiro atoms. The SMILES string of the molecule is O=C(CN(Cc1ccc(F)cc1)C(=O)c1cnn(C2CCC(C(=O)O)CC2)c1C(F)(F)F)c1c(Cl)cc[nH]c1=O. The van der Waals surface area contributed by atoms with E-state index in [1.165, 1.54) is 24.4 Å². The van der Waals surface area contributed by atoms with Crippen molar-refractivity contribution >= 4 is 29.3 Å². The van der Waals surface area contributed by atoms with Gasteiger partial charge in [-0.2, -0.15) is 18.3 Å². The van der Waals surface area contributed by atoms with Gasteiger partial charge in [0.2, 0.25) is 0 Å². The molecule has 40 heavy (non-hydrogen) atoms. The molecular weight excluding hydrogens is 560 g/mol. The van der Waals surface area contributed by atoms with Gasteiger partial charge in [-0.25, -0.2) is 4.39 Å². The number of H-pyrrole nitrogens is 1. The van der Waals surface area contributed by atoms with Crippen LogP contribution in [0.25, 0.3) is 0 Å². The van der Waals surface area contributed by atoms with Gasteiger partial charge in [-0.3, -0.25) is 23.9 Å².